The summed E-state index contributed by atoms with van der Waals surface area (Å²) in [4.78, 5) is 14.9. The van der Waals surface area contributed by atoms with Crippen LogP contribution in [0.4, 0.5) is 0 Å². The van der Waals surface area contributed by atoms with Gasteiger partial charge in [0.15, 0.2) is 5.69 Å². The maximum atomic E-state index is 12.3. The van der Waals surface area contributed by atoms with Crippen LogP contribution in [0.3, 0.4) is 0 Å². The van der Waals surface area contributed by atoms with Crippen LogP contribution in [0.15, 0.2) is 10.6 Å². The summed E-state index contributed by atoms with van der Waals surface area (Å²) in [5.41, 5.74) is 0.439. The quantitative estimate of drug-likeness (QED) is 0.906. The number of nitrogens with zero attached hydrogens (tertiary/aromatic N) is 2. The lowest BCUT2D eigenvalue weighted by Gasteiger charge is -2.35. The van der Waals surface area contributed by atoms with Crippen molar-refractivity contribution in [2.45, 2.75) is 75.8 Å². The first-order valence-electron chi connectivity index (χ1n) is 9.32. The normalized spacial score (nSPS) is 26.5. The van der Waals surface area contributed by atoms with E-state index in [1.54, 1.807) is 0 Å². The molecule has 5 heteroatoms. The van der Waals surface area contributed by atoms with Crippen LogP contribution >= 0.6 is 0 Å². The summed E-state index contributed by atoms with van der Waals surface area (Å²) in [6.45, 7) is 1.93. The summed E-state index contributed by atoms with van der Waals surface area (Å²) in [6, 6.07) is 3.05. The smallest absolute Gasteiger partial charge is 0.273 e. The van der Waals surface area contributed by atoms with Crippen LogP contribution in [-0.4, -0.2) is 41.1 Å². The van der Waals surface area contributed by atoms with Gasteiger partial charge in [-0.15, -0.1) is 0 Å². The van der Waals surface area contributed by atoms with Crippen molar-refractivity contribution < 1.29 is 9.32 Å². The zero-order valence-electron chi connectivity index (χ0n) is 13.8. The van der Waals surface area contributed by atoms with Crippen LogP contribution in [-0.2, 0) is 0 Å². The van der Waals surface area contributed by atoms with Gasteiger partial charge in [-0.2, -0.15) is 0 Å². The van der Waals surface area contributed by atoms with Crippen molar-refractivity contribution in [3.8, 4) is 0 Å². The molecule has 3 aliphatic rings. The van der Waals surface area contributed by atoms with Crippen LogP contribution in [0.2, 0.25) is 0 Å². The fourth-order valence-corrected chi connectivity index (χ4v) is 4.23. The Morgan fingerprint density at radius 1 is 1.17 bits per heavy atom. The molecule has 1 aromatic heterocycles. The lowest BCUT2D eigenvalue weighted by molar-refractivity contribution is 0.0911. The Kier molecular flexibility index (Phi) is 4.38. The number of hydrogen-bond acceptors (Lipinski definition) is 4. The van der Waals surface area contributed by atoms with Gasteiger partial charge in [0, 0.05) is 30.6 Å². The molecule has 0 spiro atoms. The molecule has 1 aliphatic heterocycles. The van der Waals surface area contributed by atoms with Gasteiger partial charge >= 0.3 is 0 Å². The van der Waals surface area contributed by atoms with Crippen LogP contribution < -0.4 is 5.32 Å². The molecule has 0 unspecified atom stereocenters. The maximum Gasteiger partial charge on any atom is 0.273 e. The average molecular weight is 317 g/mol. The molecule has 1 atom stereocenters. The molecule has 0 aromatic carbocycles. The van der Waals surface area contributed by atoms with Gasteiger partial charge in [0.2, 0.25) is 0 Å². The topological polar surface area (TPSA) is 58.4 Å². The third-order valence-electron chi connectivity index (χ3n) is 5.71. The Labute approximate surface area is 137 Å². The molecule has 23 heavy (non-hydrogen) atoms. The van der Waals surface area contributed by atoms with Gasteiger partial charge in [0.25, 0.3) is 5.91 Å². The van der Waals surface area contributed by atoms with E-state index in [-0.39, 0.29) is 5.91 Å². The number of rotatable bonds is 5. The van der Waals surface area contributed by atoms with E-state index in [0.29, 0.717) is 17.7 Å². The van der Waals surface area contributed by atoms with Gasteiger partial charge in [0.05, 0.1) is 0 Å². The first kappa shape index (κ1) is 15.2. The molecule has 1 aromatic rings. The summed E-state index contributed by atoms with van der Waals surface area (Å²) in [5, 5.41) is 7.01. The lowest BCUT2D eigenvalue weighted by atomic mass is 9.94. The Morgan fingerprint density at radius 3 is 2.78 bits per heavy atom. The SMILES string of the molecule is O=C(NC[C@H]1CCCN1C1CCCCC1)c1cc(C2CC2)on1. The molecular formula is C18H27N3O2. The predicted molar refractivity (Wildman–Crippen MR) is 87.4 cm³/mol. The van der Waals surface area contributed by atoms with Gasteiger partial charge in [-0.25, -0.2) is 0 Å². The first-order valence-corrected chi connectivity index (χ1v) is 9.32. The molecule has 2 heterocycles. The van der Waals surface area contributed by atoms with Crippen LogP contribution in [0, 0.1) is 0 Å². The molecule has 1 saturated heterocycles. The van der Waals surface area contributed by atoms with E-state index >= 15 is 0 Å². The third-order valence-corrected chi connectivity index (χ3v) is 5.71. The van der Waals surface area contributed by atoms with E-state index in [0.717, 1.165) is 31.2 Å². The number of nitrogens with one attached hydrogen (secondary N) is 1. The summed E-state index contributed by atoms with van der Waals surface area (Å²) in [5.74, 6) is 1.29. The highest BCUT2D eigenvalue weighted by molar-refractivity contribution is 5.92. The zero-order valence-corrected chi connectivity index (χ0v) is 13.8. The molecule has 1 N–H and O–H groups in total. The van der Waals surface area contributed by atoms with Crippen LogP contribution in [0.1, 0.15) is 80.0 Å². The molecule has 126 valence electrons. The van der Waals surface area contributed by atoms with Crippen LogP contribution in [0.25, 0.3) is 0 Å². The highest BCUT2D eigenvalue weighted by Crippen LogP contribution is 2.40. The van der Waals surface area contributed by atoms with E-state index in [4.69, 9.17) is 4.52 Å². The van der Waals surface area contributed by atoms with Gasteiger partial charge in [-0.05, 0) is 45.1 Å². The summed E-state index contributed by atoms with van der Waals surface area (Å²) in [7, 11) is 0. The second kappa shape index (κ2) is 6.63. The fourth-order valence-electron chi connectivity index (χ4n) is 4.23. The first-order chi connectivity index (χ1) is 11.3. The van der Waals surface area contributed by atoms with Gasteiger partial charge in [0.1, 0.15) is 5.76 Å². The van der Waals surface area contributed by atoms with Crippen molar-refractivity contribution in [3.05, 3.63) is 17.5 Å². The largest absolute Gasteiger partial charge is 0.360 e. The highest BCUT2D eigenvalue weighted by atomic mass is 16.5. The number of carbonyl (C=O) groups excluding carboxylic acids is 1. The molecule has 2 aliphatic carbocycles. The Morgan fingerprint density at radius 2 is 2.00 bits per heavy atom. The van der Waals surface area contributed by atoms with E-state index < -0.39 is 0 Å². The van der Waals surface area contributed by atoms with Crippen molar-refractivity contribution in [1.82, 2.24) is 15.4 Å². The molecule has 0 bridgehead atoms. The Balaban J connectivity index is 1.30. The van der Waals surface area contributed by atoms with Gasteiger partial charge in [-0.3, -0.25) is 9.69 Å². The predicted octanol–water partition coefficient (Wildman–Crippen LogP) is 3.08. The third kappa shape index (κ3) is 3.44. The van der Waals surface area contributed by atoms with Gasteiger partial charge < -0.3 is 9.84 Å². The summed E-state index contributed by atoms with van der Waals surface area (Å²) in [6.07, 6.45) is 11.6. The highest BCUT2D eigenvalue weighted by Gasteiger charge is 2.32. The van der Waals surface area contributed by atoms with E-state index in [9.17, 15) is 4.79 Å². The average Bonchev–Trinajstić information content (AvgIpc) is 3.14. The minimum absolute atomic E-state index is 0.0869. The van der Waals surface area contributed by atoms with Crippen molar-refractivity contribution in [2.24, 2.45) is 0 Å². The van der Waals surface area contributed by atoms with Crippen molar-refractivity contribution >= 4 is 5.91 Å². The van der Waals surface area contributed by atoms with Gasteiger partial charge in [-0.1, -0.05) is 24.4 Å². The second-order valence-corrected chi connectivity index (χ2v) is 7.42. The Hall–Kier alpha value is -1.36. The molecule has 1 amide bonds. The maximum absolute atomic E-state index is 12.3. The van der Waals surface area contributed by atoms with E-state index in [1.807, 2.05) is 6.07 Å². The van der Waals surface area contributed by atoms with E-state index in [1.165, 1.54) is 51.5 Å². The van der Waals surface area contributed by atoms with Crippen molar-refractivity contribution in [2.75, 3.05) is 13.1 Å². The van der Waals surface area contributed by atoms with E-state index in [2.05, 4.69) is 15.4 Å². The molecule has 2 saturated carbocycles. The second-order valence-electron chi connectivity index (χ2n) is 7.42. The number of likely N-dealkylation sites (tertiary alicyclic amines) is 1. The lowest BCUT2D eigenvalue weighted by Crippen LogP contribution is -2.45. The number of amides is 1. The molecule has 5 nitrogen and oxygen atoms in total. The summed E-state index contributed by atoms with van der Waals surface area (Å²) < 4.78 is 5.28. The molecule has 0 radical (unpaired) electrons. The fraction of sp³-hybridized carbons (Fsp3) is 0.778. The zero-order chi connectivity index (χ0) is 15.6. The standard InChI is InChI=1S/C18H27N3O2/c22-18(16-11-17(23-20-16)13-8-9-13)19-12-15-7-4-10-21(15)14-5-2-1-3-6-14/h11,13-15H,1-10,12H2,(H,19,22)/t15-/m1/s1. The number of carbonyl (C=O) groups is 1. The molecule has 3 fully saturated rings. The van der Waals surface area contributed by atoms with Crippen molar-refractivity contribution in [1.29, 1.82) is 0 Å². The monoisotopic (exact) mass is 317 g/mol. The number of hydrogen-bond donors (Lipinski definition) is 1. The van der Waals surface area contributed by atoms with Crippen molar-refractivity contribution in [3.63, 3.8) is 0 Å². The number of aromatic nitrogens is 1. The van der Waals surface area contributed by atoms with Crippen LogP contribution in [0.5, 0.6) is 0 Å². The molecule has 4 rings (SSSR count). The minimum Gasteiger partial charge on any atom is -0.360 e. The minimum atomic E-state index is -0.0869. The Bertz CT molecular complexity index is 546. The summed E-state index contributed by atoms with van der Waals surface area (Å²) >= 11 is 0. The molecular weight excluding hydrogens is 290 g/mol.